The van der Waals surface area contributed by atoms with E-state index in [1.165, 1.54) is 6.92 Å². The fourth-order valence-corrected chi connectivity index (χ4v) is 2.69. The third-order valence-electron chi connectivity index (χ3n) is 4.19. The fraction of sp³-hybridized carbons (Fsp3) is 0.200. The minimum atomic E-state index is -0.353. The van der Waals surface area contributed by atoms with Crippen LogP contribution >= 0.6 is 0 Å². The predicted molar refractivity (Wildman–Crippen MR) is 104 cm³/mol. The molecule has 7 heteroatoms. The quantitative estimate of drug-likeness (QED) is 0.743. The van der Waals surface area contributed by atoms with Crippen molar-refractivity contribution in [2.24, 2.45) is 0 Å². The minimum Gasteiger partial charge on any atom is -0.326 e. The van der Waals surface area contributed by atoms with Gasteiger partial charge in [0.05, 0.1) is 11.4 Å². The summed E-state index contributed by atoms with van der Waals surface area (Å²) in [4.78, 5) is 23.9. The van der Waals surface area contributed by atoms with Crippen molar-refractivity contribution >= 4 is 23.2 Å². The Morgan fingerprint density at radius 2 is 1.67 bits per heavy atom. The number of hydrogen-bond donors (Lipinski definition) is 2. The molecule has 7 nitrogen and oxygen atoms in total. The number of hydrogen-bond acceptors (Lipinski definition) is 4. The van der Waals surface area contributed by atoms with Crippen molar-refractivity contribution in [3.63, 3.8) is 0 Å². The molecule has 2 N–H and O–H groups in total. The van der Waals surface area contributed by atoms with Crippen LogP contribution in [0.2, 0.25) is 0 Å². The normalized spacial score (nSPS) is 10.5. The zero-order valence-corrected chi connectivity index (χ0v) is 15.7. The Morgan fingerprint density at radius 3 is 2.33 bits per heavy atom. The molecule has 27 heavy (non-hydrogen) atoms. The van der Waals surface area contributed by atoms with E-state index >= 15 is 0 Å². The van der Waals surface area contributed by atoms with Crippen LogP contribution in [0.25, 0.3) is 5.69 Å². The summed E-state index contributed by atoms with van der Waals surface area (Å²) in [5.74, 6) is -0.526. The lowest BCUT2D eigenvalue weighted by Gasteiger charge is -2.10. The Labute approximate surface area is 157 Å². The molecule has 0 atom stereocenters. The van der Waals surface area contributed by atoms with E-state index < -0.39 is 0 Å². The molecule has 0 radical (unpaired) electrons. The number of carbonyl (C=O) groups excluding carboxylic acids is 2. The summed E-state index contributed by atoms with van der Waals surface area (Å²) in [5, 5.41) is 13.7. The molecule has 1 heterocycles. The second kappa shape index (κ2) is 7.41. The molecular formula is C20H21N5O2. The molecule has 2 aromatic carbocycles. The van der Waals surface area contributed by atoms with Crippen molar-refractivity contribution in [2.75, 3.05) is 10.6 Å². The van der Waals surface area contributed by atoms with Crippen LogP contribution in [0.15, 0.2) is 42.5 Å². The molecule has 3 rings (SSSR count). The molecule has 0 aliphatic heterocycles. The van der Waals surface area contributed by atoms with E-state index in [4.69, 9.17) is 0 Å². The highest BCUT2D eigenvalue weighted by Gasteiger charge is 2.18. The number of rotatable bonds is 4. The van der Waals surface area contributed by atoms with Crippen molar-refractivity contribution in [3.05, 3.63) is 65.0 Å². The Bertz CT molecular complexity index is 1010. The maximum Gasteiger partial charge on any atom is 0.278 e. The number of benzene rings is 2. The molecule has 0 aliphatic rings. The van der Waals surface area contributed by atoms with Gasteiger partial charge in [-0.25, -0.2) is 4.68 Å². The molecule has 0 saturated heterocycles. The third-order valence-corrected chi connectivity index (χ3v) is 4.19. The van der Waals surface area contributed by atoms with Gasteiger partial charge in [0.1, 0.15) is 0 Å². The molecule has 138 valence electrons. The Morgan fingerprint density at radius 1 is 0.963 bits per heavy atom. The molecule has 0 unspecified atom stereocenters. The lowest BCUT2D eigenvalue weighted by atomic mass is 10.1. The van der Waals surface area contributed by atoms with Gasteiger partial charge >= 0.3 is 0 Å². The standard InChI is InChI=1S/C20H21N5O2/c1-12-5-9-17(10-6-12)25-14(3)19(23-24-25)20(27)22-18-11-16(21-15(4)26)8-7-13(18)2/h5-11H,1-4H3,(H,21,26)(H,22,27). The van der Waals surface area contributed by atoms with Crippen LogP contribution in [0.3, 0.4) is 0 Å². The molecule has 3 aromatic rings. The van der Waals surface area contributed by atoms with E-state index in [9.17, 15) is 9.59 Å². The van der Waals surface area contributed by atoms with E-state index in [-0.39, 0.29) is 17.5 Å². The van der Waals surface area contributed by atoms with Crippen molar-refractivity contribution < 1.29 is 9.59 Å². The van der Waals surface area contributed by atoms with Gasteiger partial charge in [-0.1, -0.05) is 29.0 Å². The molecule has 0 aliphatic carbocycles. The van der Waals surface area contributed by atoms with Gasteiger partial charge in [0.15, 0.2) is 5.69 Å². The number of aryl methyl sites for hydroxylation is 2. The van der Waals surface area contributed by atoms with Crippen LogP contribution in [0.4, 0.5) is 11.4 Å². The number of anilines is 2. The summed E-state index contributed by atoms with van der Waals surface area (Å²) < 4.78 is 1.63. The van der Waals surface area contributed by atoms with Crippen LogP contribution in [0, 0.1) is 20.8 Å². The average molecular weight is 363 g/mol. The van der Waals surface area contributed by atoms with Crippen LogP contribution in [-0.2, 0) is 4.79 Å². The zero-order chi connectivity index (χ0) is 19.6. The van der Waals surface area contributed by atoms with Gasteiger partial charge in [-0.2, -0.15) is 0 Å². The van der Waals surface area contributed by atoms with Gasteiger partial charge in [0, 0.05) is 18.3 Å². The average Bonchev–Trinajstić information content (AvgIpc) is 3.00. The van der Waals surface area contributed by atoms with Crippen LogP contribution in [0.5, 0.6) is 0 Å². The van der Waals surface area contributed by atoms with Gasteiger partial charge in [0.2, 0.25) is 5.91 Å². The van der Waals surface area contributed by atoms with Gasteiger partial charge < -0.3 is 10.6 Å². The first-order chi connectivity index (χ1) is 12.8. The minimum absolute atomic E-state index is 0.173. The van der Waals surface area contributed by atoms with Crippen molar-refractivity contribution in [2.45, 2.75) is 27.7 Å². The molecule has 0 spiro atoms. The highest BCUT2D eigenvalue weighted by molar-refractivity contribution is 6.04. The highest BCUT2D eigenvalue weighted by Crippen LogP contribution is 2.22. The van der Waals surface area contributed by atoms with E-state index in [2.05, 4.69) is 20.9 Å². The summed E-state index contributed by atoms with van der Waals surface area (Å²) in [6.07, 6.45) is 0. The lowest BCUT2D eigenvalue weighted by Crippen LogP contribution is -2.15. The van der Waals surface area contributed by atoms with Gasteiger partial charge in [-0.3, -0.25) is 9.59 Å². The van der Waals surface area contributed by atoms with E-state index in [0.29, 0.717) is 17.1 Å². The monoisotopic (exact) mass is 363 g/mol. The first-order valence-electron chi connectivity index (χ1n) is 8.54. The van der Waals surface area contributed by atoms with Crippen molar-refractivity contribution in [1.82, 2.24) is 15.0 Å². The Balaban J connectivity index is 1.85. The van der Waals surface area contributed by atoms with E-state index in [0.717, 1.165) is 16.8 Å². The lowest BCUT2D eigenvalue weighted by molar-refractivity contribution is -0.114. The molecule has 0 saturated carbocycles. The summed E-state index contributed by atoms with van der Waals surface area (Å²) in [7, 11) is 0. The van der Waals surface area contributed by atoms with Gasteiger partial charge in [-0.05, 0) is 50.6 Å². The van der Waals surface area contributed by atoms with Gasteiger partial charge in [-0.15, -0.1) is 5.10 Å². The van der Waals surface area contributed by atoms with Crippen molar-refractivity contribution in [1.29, 1.82) is 0 Å². The van der Waals surface area contributed by atoms with E-state index in [1.54, 1.807) is 23.7 Å². The molecule has 0 fully saturated rings. The largest absolute Gasteiger partial charge is 0.326 e. The summed E-state index contributed by atoms with van der Waals surface area (Å²) in [6.45, 7) is 7.12. The zero-order valence-electron chi connectivity index (χ0n) is 15.7. The maximum absolute atomic E-state index is 12.7. The van der Waals surface area contributed by atoms with Gasteiger partial charge in [0.25, 0.3) is 5.91 Å². The molecular weight excluding hydrogens is 342 g/mol. The van der Waals surface area contributed by atoms with Crippen molar-refractivity contribution in [3.8, 4) is 5.69 Å². The number of aromatic nitrogens is 3. The molecule has 1 aromatic heterocycles. The smallest absolute Gasteiger partial charge is 0.278 e. The van der Waals surface area contributed by atoms with Crippen LogP contribution < -0.4 is 10.6 Å². The molecule has 0 bridgehead atoms. The number of nitrogens with zero attached hydrogens (tertiary/aromatic N) is 3. The molecule has 2 amide bonds. The van der Waals surface area contributed by atoms with Crippen LogP contribution in [0.1, 0.15) is 34.2 Å². The van der Waals surface area contributed by atoms with E-state index in [1.807, 2.05) is 44.2 Å². The second-order valence-electron chi connectivity index (χ2n) is 6.44. The second-order valence-corrected chi connectivity index (χ2v) is 6.44. The highest BCUT2D eigenvalue weighted by atomic mass is 16.2. The first kappa shape index (κ1) is 18.3. The Kier molecular flexibility index (Phi) is 5.03. The number of carbonyl (C=O) groups is 2. The third kappa shape index (κ3) is 4.03. The number of amides is 2. The number of nitrogens with one attached hydrogen (secondary N) is 2. The first-order valence-corrected chi connectivity index (χ1v) is 8.54. The van der Waals surface area contributed by atoms with Crippen LogP contribution in [-0.4, -0.2) is 26.8 Å². The summed E-state index contributed by atoms with van der Waals surface area (Å²) >= 11 is 0. The topological polar surface area (TPSA) is 88.9 Å². The summed E-state index contributed by atoms with van der Waals surface area (Å²) in [5.41, 5.74) is 4.98. The maximum atomic E-state index is 12.7. The fourth-order valence-electron chi connectivity index (χ4n) is 2.69. The summed E-state index contributed by atoms with van der Waals surface area (Å²) in [6, 6.07) is 13.1. The Hall–Kier alpha value is -3.48. The predicted octanol–water partition coefficient (Wildman–Crippen LogP) is 3.40. The SMILES string of the molecule is CC(=O)Nc1ccc(C)c(NC(=O)c2nnn(-c3ccc(C)cc3)c2C)c1.